The molecule has 2 amide bonds. The van der Waals surface area contributed by atoms with Crippen LogP contribution in [0.5, 0.6) is 5.75 Å². The molecule has 2 atom stereocenters. The minimum atomic E-state index is -4.14. The Balaban J connectivity index is 1.44. The van der Waals surface area contributed by atoms with Crippen LogP contribution in [0.15, 0.2) is 59.5 Å². The number of carbonyl (C=O) groups excluding carboxylic acids is 2. The third-order valence-corrected chi connectivity index (χ3v) is 9.38. The molecule has 0 aliphatic carbocycles. The number of likely N-dealkylation sites (tertiary alicyclic amines) is 1. The van der Waals surface area contributed by atoms with Gasteiger partial charge in [-0.1, -0.05) is 35.9 Å². The van der Waals surface area contributed by atoms with Crippen LogP contribution in [-0.2, 0) is 19.6 Å². The highest BCUT2D eigenvalue weighted by molar-refractivity contribution is 7.89. The lowest BCUT2D eigenvalue weighted by atomic mass is 9.89. The van der Waals surface area contributed by atoms with Crippen molar-refractivity contribution in [3.8, 4) is 16.9 Å². The second-order valence-electron chi connectivity index (χ2n) is 9.89. The van der Waals surface area contributed by atoms with Gasteiger partial charge in [0.1, 0.15) is 5.75 Å². The molecule has 0 bridgehead atoms. The van der Waals surface area contributed by atoms with Crippen molar-refractivity contribution in [2.24, 2.45) is 0 Å². The summed E-state index contributed by atoms with van der Waals surface area (Å²) in [6.45, 7) is -0.241. The second-order valence-corrected chi connectivity index (χ2v) is 12.2. The summed E-state index contributed by atoms with van der Waals surface area (Å²) in [5, 5.41) is 2.72. The fourth-order valence-corrected chi connectivity index (χ4v) is 6.92. The van der Waals surface area contributed by atoms with Crippen molar-refractivity contribution >= 4 is 33.4 Å². The number of amides is 2. The molecule has 8 nitrogen and oxygen atoms in total. The van der Waals surface area contributed by atoms with E-state index in [1.807, 2.05) is 0 Å². The fourth-order valence-electron chi connectivity index (χ4n) is 4.86. The van der Waals surface area contributed by atoms with Gasteiger partial charge in [-0.2, -0.15) is 4.31 Å². The summed E-state index contributed by atoms with van der Waals surface area (Å²) in [4.78, 5) is 25.4. The molecule has 0 saturated carbocycles. The van der Waals surface area contributed by atoms with E-state index in [0.717, 1.165) is 11.0 Å². The van der Waals surface area contributed by atoms with Crippen molar-refractivity contribution in [1.29, 1.82) is 0 Å². The minimum absolute atomic E-state index is 0.0289. The van der Waals surface area contributed by atoms with Gasteiger partial charge in [0.15, 0.2) is 5.67 Å². The second kappa shape index (κ2) is 11.4. The van der Waals surface area contributed by atoms with E-state index >= 15 is 4.39 Å². The van der Waals surface area contributed by atoms with Gasteiger partial charge in [0.25, 0.3) is 11.8 Å². The third kappa shape index (κ3) is 6.13. The molecule has 2 fully saturated rings. The van der Waals surface area contributed by atoms with Crippen LogP contribution in [0, 0.1) is 0 Å². The number of hydrogen-bond donors (Lipinski definition) is 1. The molecule has 0 radical (unpaired) electrons. The van der Waals surface area contributed by atoms with E-state index in [4.69, 9.17) is 16.3 Å². The van der Waals surface area contributed by atoms with E-state index in [1.54, 1.807) is 30.3 Å². The van der Waals surface area contributed by atoms with Crippen LogP contribution < -0.4 is 10.1 Å². The predicted octanol–water partition coefficient (Wildman–Crippen LogP) is 4.05. The topological polar surface area (TPSA) is 96.0 Å². The average Bonchev–Trinajstić information content (AvgIpc) is 2.89. The van der Waals surface area contributed by atoms with Crippen molar-refractivity contribution in [2.75, 3.05) is 33.3 Å². The highest BCUT2D eigenvalue weighted by atomic mass is 35.5. The van der Waals surface area contributed by atoms with E-state index in [-0.39, 0.29) is 30.8 Å². The molecule has 2 aromatic carbocycles. The molecule has 2 aliphatic heterocycles. The van der Waals surface area contributed by atoms with Crippen LogP contribution in [0.25, 0.3) is 11.1 Å². The molecule has 13 heteroatoms. The molecule has 4 rings (SSSR count). The van der Waals surface area contributed by atoms with E-state index in [1.165, 1.54) is 36.5 Å². The first-order valence-corrected chi connectivity index (χ1v) is 14.3. The van der Waals surface area contributed by atoms with Crippen LogP contribution in [0.4, 0.5) is 13.2 Å². The first-order chi connectivity index (χ1) is 18.8. The number of alkyl halides is 3. The predicted molar refractivity (Wildman–Crippen MR) is 144 cm³/mol. The van der Waals surface area contributed by atoms with Crippen LogP contribution in [-0.4, -0.2) is 80.4 Å². The van der Waals surface area contributed by atoms with Crippen LogP contribution in [0.3, 0.4) is 0 Å². The maximum absolute atomic E-state index is 15.7. The van der Waals surface area contributed by atoms with Crippen molar-refractivity contribution < 1.29 is 35.9 Å². The third-order valence-electron chi connectivity index (χ3n) is 6.98. The molecule has 2 aliphatic rings. The Morgan fingerprint density at radius 2 is 1.85 bits per heavy atom. The smallest absolute Gasteiger partial charge is 0.282 e. The number of carbonyl (C=O) groups is 2. The Morgan fingerprint density at radius 1 is 1.15 bits per heavy atom. The molecule has 40 heavy (non-hydrogen) atoms. The Hall–Kier alpha value is -3.09. The number of rotatable bonds is 8. The number of halogens is 4. The normalized spacial score (nSPS) is 23.1. The van der Waals surface area contributed by atoms with E-state index in [2.05, 4.69) is 5.32 Å². The summed E-state index contributed by atoms with van der Waals surface area (Å²) in [5.74, 6) is -4.03. The van der Waals surface area contributed by atoms with Crippen LogP contribution in [0.2, 0.25) is 5.02 Å². The Bertz CT molecular complexity index is 1430. The summed E-state index contributed by atoms with van der Waals surface area (Å²) in [7, 11) is -2.68. The van der Waals surface area contributed by atoms with Gasteiger partial charge in [0.2, 0.25) is 15.9 Å². The largest absolute Gasteiger partial charge is 0.497 e. The van der Waals surface area contributed by atoms with E-state index < -0.39 is 52.6 Å². The molecule has 1 N–H and O–H groups in total. The van der Waals surface area contributed by atoms with E-state index in [9.17, 15) is 26.8 Å². The zero-order valence-corrected chi connectivity index (χ0v) is 23.4. The van der Waals surface area contributed by atoms with Crippen LogP contribution in [0.1, 0.15) is 19.8 Å². The van der Waals surface area contributed by atoms with Crippen LogP contribution >= 0.6 is 11.6 Å². The van der Waals surface area contributed by atoms with Gasteiger partial charge in [0, 0.05) is 54.2 Å². The van der Waals surface area contributed by atoms with Gasteiger partial charge in [0.05, 0.1) is 25.1 Å². The quantitative estimate of drug-likeness (QED) is 0.462. The molecule has 0 unspecified atom stereocenters. The summed E-state index contributed by atoms with van der Waals surface area (Å²) in [5.41, 5.74) is -1.52. The lowest BCUT2D eigenvalue weighted by molar-refractivity contribution is -0.160. The van der Waals surface area contributed by atoms with Crippen molar-refractivity contribution in [2.45, 2.75) is 42.3 Å². The minimum Gasteiger partial charge on any atom is -0.497 e. The van der Waals surface area contributed by atoms with Gasteiger partial charge < -0.3 is 15.0 Å². The number of nitrogens with one attached hydrogen (secondary N) is 1. The molecular formula is C27H29ClF3N3O5S. The number of ether oxygens (including phenoxy) is 1. The number of sulfonamides is 1. The lowest BCUT2D eigenvalue weighted by Crippen LogP contribution is -2.58. The number of benzene rings is 2. The van der Waals surface area contributed by atoms with Crippen molar-refractivity contribution in [1.82, 2.24) is 14.5 Å². The first-order valence-electron chi connectivity index (χ1n) is 12.5. The maximum atomic E-state index is 15.7. The number of nitrogens with zero attached hydrogens (tertiary/aromatic N) is 2. The maximum Gasteiger partial charge on any atom is 0.282 e. The summed E-state index contributed by atoms with van der Waals surface area (Å²) < 4.78 is 75.6. The lowest BCUT2D eigenvalue weighted by Gasteiger charge is -2.39. The molecular weight excluding hydrogens is 571 g/mol. The Labute approximate surface area is 235 Å². The molecule has 2 aromatic rings. The number of methoxy groups -OCH3 is 1. The van der Waals surface area contributed by atoms with Gasteiger partial charge in [-0.3, -0.25) is 9.59 Å². The molecule has 216 valence electrons. The fraction of sp³-hybridized carbons (Fsp3) is 0.407. The number of hydrogen-bond acceptors (Lipinski definition) is 5. The van der Waals surface area contributed by atoms with Gasteiger partial charge in [-0.25, -0.2) is 21.6 Å². The van der Waals surface area contributed by atoms with Gasteiger partial charge in [-0.05, 0) is 31.2 Å². The number of piperidine rings is 1. The average molecular weight is 600 g/mol. The van der Waals surface area contributed by atoms with Gasteiger partial charge >= 0.3 is 0 Å². The Morgan fingerprint density at radius 3 is 2.48 bits per heavy atom. The first kappa shape index (κ1) is 29.9. The van der Waals surface area contributed by atoms with Crippen molar-refractivity contribution in [3.05, 3.63) is 59.6 Å². The zero-order chi connectivity index (χ0) is 29.3. The summed E-state index contributed by atoms with van der Waals surface area (Å²) >= 11 is 6.37. The highest BCUT2D eigenvalue weighted by Gasteiger charge is 2.48. The Kier molecular flexibility index (Phi) is 8.53. The zero-order valence-electron chi connectivity index (χ0n) is 21.9. The SMILES string of the molecule is COc1ccc(S(=O)(=O)N2CC[C@@](F)(C(=O)NC/C=C\C(=O)N3CC(F)(F)C3)C[C@H]2C)c(-c2ccccc2Cl)c1. The highest BCUT2D eigenvalue weighted by Crippen LogP contribution is 2.39. The van der Waals surface area contributed by atoms with Crippen molar-refractivity contribution in [3.63, 3.8) is 0 Å². The van der Waals surface area contributed by atoms with E-state index in [0.29, 0.717) is 21.9 Å². The summed E-state index contributed by atoms with van der Waals surface area (Å²) in [6.07, 6.45) is 1.53. The molecule has 2 heterocycles. The monoisotopic (exact) mass is 599 g/mol. The summed E-state index contributed by atoms with van der Waals surface area (Å²) in [6, 6.07) is 10.4. The standard InChI is InChI=1S/C27H29ClF3N3O5S/c1-18-15-26(29,25(36)32-12-5-8-24(35)33-16-27(30,31)17-33)11-13-34(18)40(37,38)23-10-9-19(39-2)14-21(23)20-6-3-4-7-22(20)28/h3-10,14,18H,11-13,15-17H2,1-2H3,(H,32,36)/b8-5-/t18-,26+/m1/s1. The molecule has 2 saturated heterocycles. The molecule has 0 aromatic heterocycles. The molecule has 0 spiro atoms. The van der Waals surface area contributed by atoms with Gasteiger partial charge in [-0.15, -0.1) is 0 Å².